The van der Waals surface area contributed by atoms with Gasteiger partial charge >= 0.3 is 12.1 Å². The number of hydrogen-bond acceptors (Lipinski definition) is 10. The predicted octanol–water partition coefficient (Wildman–Crippen LogP) is 5.56. The van der Waals surface area contributed by atoms with E-state index in [-0.39, 0.29) is 24.5 Å². The van der Waals surface area contributed by atoms with Crippen LogP contribution in [0.15, 0.2) is 48.5 Å². The second kappa shape index (κ2) is 22.0. The number of carbonyl (C=O) groups excluding carboxylic acids is 1. The van der Waals surface area contributed by atoms with E-state index in [4.69, 9.17) is 37.6 Å². The van der Waals surface area contributed by atoms with Gasteiger partial charge in [-0.05, 0) is 50.0 Å². The number of para-hydroxylation sites is 1. The number of halogens is 3. The highest BCUT2D eigenvalue weighted by molar-refractivity contribution is 6.69. The lowest BCUT2D eigenvalue weighted by atomic mass is 10.1. The second-order valence-corrected chi connectivity index (χ2v) is 15.0. The Morgan fingerprint density at radius 3 is 1.60 bits per heavy atom. The van der Waals surface area contributed by atoms with Crippen molar-refractivity contribution in [2.45, 2.75) is 25.8 Å². The van der Waals surface area contributed by atoms with Crippen molar-refractivity contribution >= 4 is 25.7 Å². The Labute approximate surface area is 264 Å². The molecule has 14 heteroatoms. The summed E-state index contributed by atoms with van der Waals surface area (Å²) in [7, 11) is -1.48. The zero-order chi connectivity index (χ0) is 32.8. The maximum Gasteiger partial charge on any atom is 0.416 e. The minimum atomic E-state index is -4.47. The van der Waals surface area contributed by atoms with Crippen LogP contribution in [-0.2, 0) is 43.8 Å². The molecule has 0 aliphatic rings. The van der Waals surface area contributed by atoms with Gasteiger partial charge in [-0.3, -0.25) is 0 Å². The molecular formula is C31H46F3NO9Si. The quantitative estimate of drug-likeness (QED) is 0.0827. The fraction of sp³-hybridized carbons (Fsp3) is 0.581. The van der Waals surface area contributed by atoms with E-state index in [1.165, 1.54) is 18.2 Å². The van der Waals surface area contributed by atoms with Crippen molar-refractivity contribution in [3.05, 3.63) is 59.7 Å². The Bertz CT molecular complexity index is 1090. The van der Waals surface area contributed by atoms with E-state index in [2.05, 4.69) is 25.0 Å². The average Bonchev–Trinajstić information content (AvgIpc) is 2.99. The summed E-state index contributed by atoms with van der Waals surface area (Å²) >= 11 is 0. The molecule has 45 heavy (non-hydrogen) atoms. The highest BCUT2D eigenvalue weighted by Gasteiger charge is 2.30. The van der Waals surface area contributed by atoms with Crippen LogP contribution in [0.1, 0.15) is 15.9 Å². The average molecular weight is 662 g/mol. The molecule has 1 N–H and O–H groups in total. The topological polar surface area (TPSA) is 103 Å². The van der Waals surface area contributed by atoms with E-state index in [9.17, 15) is 18.0 Å². The summed E-state index contributed by atoms with van der Waals surface area (Å²) in [6.07, 6.45) is -4.47. The molecule has 0 saturated heterocycles. The first-order valence-electron chi connectivity index (χ1n) is 14.9. The van der Waals surface area contributed by atoms with Crippen molar-refractivity contribution in [1.82, 2.24) is 0 Å². The SMILES string of the molecule is C[Si](C)(C)OCCOCCOCCOCCOCCOCCOCCOC(=O)c1ccccc1Nc1cccc(C(F)(F)F)c1. The minimum Gasteiger partial charge on any atom is -0.460 e. The van der Waals surface area contributed by atoms with Gasteiger partial charge in [-0.25, -0.2) is 4.79 Å². The zero-order valence-corrected chi connectivity index (χ0v) is 27.3. The Morgan fingerprint density at radius 1 is 0.644 bits per heavy atom. The van der Waals surface area contributed by atoms with Crippen LogP contribution in [0.4, 0.5) is 24.5 Å². The van der Waals surface area contributed by atoms with Gasteiger partial charge in [0.1, 0.15) is 6.61 Å². The number of nitrogens with one attached hydrogen (secondary N) is 1. The number of anilines is 2. The van der Waals surface area contributed by atoms with Crippen LogP contribution in [0.5, 0.6) is 0 Å². The standard InChI is InChI=1S/C31H46F3NO9Si/c1-45(2,3)44-24-22-42-20-18-40-16-14-38-12-11-37-13-15-39-17-19-41-21-23-43-30(36)28-9-4-5-10-29(28)35-27-8-6-7-26(25-27)31(32,33)34/h4-10,25,35H,11-24H2,1-3H3. The van der Waals surface area contributed by atoms with Gasteiger partial charge in [0.25, 0.3) is 0 Å². The summed E-state index contributed by atoms with van der Waals surface area (Å²) < 4.78 is 82.7. The molecule has 0 amide bonds. The fourth-order valence-corrected chi connectivity index (χ4v) is 4.27. The molecule has 0 saturated carbocycles. The fourth-order valence-electron chi connectivity index (χ4n) is 3.58. The molecule has 0 aliphatic heterocycles. The Kier molecular flexibility index (Phi) is 18.9. The molecule has 2 rings (SSSR count). The summed E-state index contributed by atoms with van der Waals surface area (Å²) in [6, 6.07) is 11.2. The number of rotatable bonds is 25. The van der Waals surface area contributed by atoms with Gasteiger partial charge in [0.15, 0.2) is 8.32 Å². The number of benzene rings is 2. The molecule has 0 unspecified atom stereocenters. The molecule has 10 nitrogen and oxygen atoms in total. The van der Waals surface area contributed by atoms with Crippen LogP contribution in [0.3, 0.4) is 0 Å². The van der Waals surface area contributed by atoms with E-state index in [0.29, 0.717) is 85.0 Å². The monoisotopic (exact) mass is 661 g/mol. The van der Waals surface area contributed by atoms with Gasteiger partial charge in [0, 0.05) is 5.69 Å². The molecule has 0 aromatic heterocycles. The van der Waals surface area contributed by atoms with Crippen molar-refractivity contribution in [3.63, 3.8) is 0 Å². The first-order chi connectivity index (χ1) is 21.6. The lowest BCUT2D eigenvalue weighted by molar-refractivity contribution is -0.137. The highest BCUT2D eigenvalue weighted by atomic mass is 28.4. The molecule has 0 radical (unpaired) electrons. The van der Waals surface area contributed by atoms with Crippen molar-refractivity contribution in [2.75, 3.05) is 97.8 Å². The second-order valence-electron chi connectivity index (χ2n) is 10.5. The van der Waals surface area contributed by atoms with Gasteiger partial charge < -0.3 is 42.9 Å². The van der Waals surface area contributed by atoms with E-state index in [1.807, 2.05) is 0 Å². The smallest absolute Gasteiger partial charge is 0.416 e. The van der Waals surface area contributed by atoms with Crippen molar-refractivity contribution in [3.8, 4) is 0 Å². The number of esters is 1. The van der Waals surface area contributed by atoms with Gasteiger partial charge in [0.2, 0.25) is 0 Å². The van der Waals surface area contributed by atoms with Crippen LogP contribution >= 0.6 is 0 Å². The highest BCUT2D eigenvalue weighted by Crippen LogP contribution is 2.32. The summed E-state index contributed by atoms with van der Waals surface area (Å²) in [5, 5.41) is 2.86. The summed E-state index contributed by atoms with van der Waals surface area (Å²) in [5.74, 6) is -0.623. The third kappa shape index (κ3) is 18.9. The molecule has 2 aromatic rings. The number of alkyl halides is 3. The Morgan fingerprint density at radius 2 is 1.11 bits per heavy atom. The predicted molar refractivity (Wildman–Crippen MR) is 166 cm³/mol. The number of hydrogen-bond donors (Lipinski definition) is 1. The van der Waals surface area contributed by atoms with E-state index < -0.39 is 26.0 Å². The van der Waals surface area contributed by atoms with Crippen LogP contribution in [0.2, 0.25) is 19.6 Å². The Hall–Kier alpha value is -2.56. The molecule has 254 valence electrons. The van der Waals surface area contributed by atoms with Crippen LogP contribution in [0.25, 0.3) is 0 Å². The lowest BCUT2D eigenvalue weighted by Crippen LogP contribution is -2.27. The molecular weight excluding hydrogens is 615 g/mol. The largest absolute Gasteiger partial charge is 0.460 e. The zero-order valence-electron chi connectivity index (χ0n) is 26.3. The van der Waals surface area contributed by atoms with Crippen LogP contribution < -0.4 is 5.32 Å². The third-order valence-corrected chi connectivity index (χ3v) is 6.77. The van der Waals surface area contributed by atoms with Gasteiger partial charge in [-0.15, -0.1) is 0 Å². The molecule has 0 aliphatic carbocycles. The van der Waals surface area contributed by atoms with Crippen LogP contribution in [0, 0.1) is 0 Å². The Balaban J connectivity index is 1.41. The van der Waals surface area contributed by atoms with E-state index in [0.717, 1.165) is 12.1 Å². The first kappa shape index (κ1) is 38.6. The first-order valence-corrected chi connectivity index (χ1v) is 18.3. The third-order valence-electron chi connectivity index (χ3n) is 5.70. The van der Waals surface area contributed by atoms with Crippen LogP contribution in [-0.4, -0.2) is 107 Å². The summed E-state index contributed by atoms with van der Waals surface area (Å²) in [5.41, 5.74) is -0.0709. The molecule has 2 aromatic carbocycles. The van der Waals surface area contributed by atoms with Gasteiger partial charge in [0.05, 0.1) is 103 Å². The van der Waals surface area contributed by atoms with Gasteiger partial charge in [-0.2, -0.15) is 13.2 Å². The maximum atomic E-state index is 13.0. The van der Waals surface area contributed by atoms with Crippen molar-refractivity contribution in [2.24, 2.45) is 0 Å². The molecule has 0 atom stereocenters. The van der Waals surface area contributed by atoms with E-state index in [1.54, 1.807) is 18.2 Å². The summed E-state index contributed by atoms with van der Waals surface area (Å²) in [4.78, 5) is 12.5. The molecule has 0 heterocycles. The molecule has 0 spiro atoms. The van der Waals surface area contributed by atoms with E-state index >= 15 is 0 Å². The van der Waals surface area contributed by atoms with Gasteiger partial charge in [-0.1, -0.05) is 18.2 Å². The molecule has 0 bridgehead atoms. The number of carbonyl (C=O) groups is 1. The number of ether oxygens (including phenoxy) is 7. The minimum absolute atomic E-state index is 0.00685. The summed E-state index contributed by atoms with van der Waals surface area (Å²) in [6.45, 7) is 12.2. The van der Waals surface area contributed by atoms with Crippen molar-refractivity contribution < 1.29 is 55.5 Å². The molecule has 0 fully saturated rings. The maximum absolute atomic E-state index is 13.0. The normalized spacial score (nSPS) is 12.0. The lowest BCUT2D eigenvalue weighted by Gasteiger charge is -2.16. The van der Waals surface area contributed by atoms with Crippen molar-refractivity contribution in [1.29, 1.82) is 0 Å².